The molecule has 0 N–H and O–H groups in total. The molecule has 0 bridgehead atoms. The van der Waals surface area contributed by atoms with Crippen molar-refractivity contribution < 1.29 is 27.1 Å². The summed E-state index contributed by atoms with van der Waals surface area (Å²) in [6.45, 7) is 2.18. The summed E-state index contributed by atoms with van der Waals surface area (Å²) in [7, 11) is -3.78. The van der Waals surface area contributed by atoms with Crippen LogP contribution in [-0.2, 0) is 14.8 Å². The number of amides is 1. The van der Waals surface area contributed by atoms with Crippen LogP contribution in [0.1, 0.15) is 37.3 Å². The van der Waals surface area contributed by atoms with Gasteiger partial charge in [0.2, 0.25) is 15.9 Å². The van der Waals surface area contributed by atoms with Crippen LogP contribution in [0.5, 0.6) is 11.5 Å². The van der Waals surface area contributed by atoms with Crippen LogP contribution in [-0.4, -0.2) is 56.4 Å². The highest BCUT2D eigenvalue weighted by molar-refractivity contribution is 7.89. The van der Waals surface area contributed by atoms with Crippen molar-refractivity contribution in [1.29, 1.82) is 0 Å². The lowest BCUT2D eigenvalue weighted by molar-refractivity contribution is -0.137. The fourth-order valence-corrected chi connectivity index (χ4v) is 6.52. The molecule has 2 atom stereocenters. The maximum atomic E-state index is 13.5. The Kier molecular flexibility index (Phi) is 6.01. The summed E-state index contributed by atoms with van der Waals surface area (Å²) in [4.78, 5) is 15.5. The predicted octanol–water partition coefficient (Wildman–Crippen LogP) is 3.36. The highest BCUT2D eigenvalue weighted by Gasteiger charge is 2.39. The van der Waals surface area contributed by atoms with E-state index in [1.54, 1.807) is 0 Å². The second-order valence-corrected chi connectivity index (χ2v) is 10.7. The average molecular weight is 475 g/mol. The molecule has 9 heteroatoms. The van der Waals surface area contributed by atoms with Gasteiger partial charge >= 0.3 is 0 Å². The molecule has 2 aromatic rings. The van der Waals surface area contributed by atoms with Gasteiger partial charge in [-0.15, -0.1) is 0 Å². The summed E-state index contributed by atoms with van der Waals surface area (Å²) in [6.07, 6.45) is 3.02. The third-order valence-electron chi connectivity index (χ3n) is 6.67. The Hall–Kier alpha value is -2.65. The van der Waals surface area contributed by atoms with Crippen LogP contribution in [0.15, 0.2) is 47.4 Å². The molecular formula is C24H27FN2O5S. The Labute approximate surface area is 193 Å². The van der Waals surface area contributed by atoms with E-state index in [4.69, 9.17) is 9.47 Å². The summed E-state index contributed by atoms with van der Waals surface area (Å²) in [5, 5.41) is 0. The molecule has 2 saturated heterocycles. The molecule has 5 rings (SSSR count). The second-order valence-electron chi connectivity index (χ2n) is 8.75. The Morgan fingerprint density at radius 1 is 0.939 bits per heavy atom. The Morgan fingerprint density at radius 3 is 2.45 bits per heavy atom. The minimum atomic E-state index is -3.78. The van der Waals surface area contributed by atoms with Crippen LogP contribution < -0.4 is 9.47 Å². The topological polar surface area (TPSA) is 76.2 Å². The van der Waals surface area contributed by atoms with Gasteiger partial charge in [0.25, 0.3) is 0 Å². The molecule has 7 nitrogen and oxygen atoms in total. The summed E-state index contributed by atoms with van der Waals surface area (Å²) in [6, 6.07) is 10.6. The number of hydrogen-bond acceptors (Lipinski definition) is 5. The van der Waals surface area contributed by atoms with E-state index in [0.717, 1.165) is 36.3 Å². The van der Waals surface area contributed by atoms with Gasteiger partial charge in [-0.1, -0.05) is 6.07 Å². The van der Waals surface area contributed by atoms with E-state index < -0.39 is 21.8 Å². The zero-order valence-electron chi connectivity index (χ0n) is 18.3. The lowest BCUT2D eigenvalue weighted by atomic mass is 9.96. The highest BCUT2D eigenvalue weighted by Crippen LogP contribution is 2.39. The van der Waals surface area contributed by atoms with Crippen molar-refractivity contribution >= 4 is 15.9 Å². The van der Waals surface area contributed by atoms with Crippen LogP contribution >= 0.6 is 0 Å². The van der Waals surface area contributed by atoms with Gasteiger partial charge in [-0.2, -0.15) is 4.31 Å². The van der Waals surface area contributed by atoms with E-state index in [-0.39, 0.29) is 23.4 Å². The first-order chi connectivity index (χ1) is 15.9. The number of sulfonamides is 1. The lowest BCUT2D eigenvalue weighted by Crippen LogP contribution is -2.46. The largest absolute Gasteiger partial charge is 0.486 e. The number of ether oxygens (including phenoxy) is 2. The number of benzene rings is 2. The third-order valence-corrected chi connectivity index (χ3v) is 8.55. The van der Waals surface area contributed by atoms with Gasteiger partial charge in [-0.05, 0) is 67.6 Å². The maximum absolute atomic E-state index is 13.5. The number of carbonyl (C=O) groups excluding carboxylic acids is 1. The first-order valence-electron chi connectivity index (χ1n) is 11.4. The highest BCUT2D eigenvalue weighted by atomic mass is 32.2. The summed E-state index contributed by atoms with van der Waals surface area (Å²) < 4.78 is 52.1. The Balaban J connectivity index is 1.32. The smallest absolute Gasteiger partial charge is 0.243 e. The van der Waals surface area contributed by atoms with Crippen molar-refractivity contribution in [3.05, 3.63) is 53.8 Å². The van der Waals surface area contributed by atoms with Crippen molar-refractivity contribution in [3.63, 3.8) is 0 Å². The van der Waals surface area contributed by atoms with E-state index in [1.165, 1.54) is 16.4 Å². The van der Waals surface area contributed by atoms with Crippen LogP contribution in [0, 0.1) is 11.7 Å². The Morgan fingerprint density at radius 2 is 1.67 bits per heavy atom. The van der Waals surface area contributed by atoms with Crippen molar-refractivity contribution in [2.24, 2.45) is 5.92 Å². The third kappa shape index (κ3) is 4.31. The van der Waals surface area contributed by atoms with Gasteiger partial charge in [0.05, 0.1) is 16.9 Å². The van der Waals surface area contributed by atoms with Crippen LogP contribution in [0.4, 0.5) is 4.39 Å². The van der Waals surface area contributed by atoms with Gasteiger partial charge < -0.3 is 14.4 Å². The average Bonchev–Trinajstić information content (AvgIpc) is 3.33. The van der Waals surface area contributed by atoms with Gasteiger partial charge in [-0.3, -0.25) is 4.79 Å². The molecular weight excluding hydrogens is 447 g/mol. The van der Waals surface area contributed by atoms with Crippen molar-refractivity contribution in [2.75, 3.05) is 32.8 Å². The molecule has 176 valence electrons. The summed E-state index contributed by atoms with van der Waals surface area (Å²) in [5.74, 6) is 0.528. The second kappa shape index (κ2) is 8.95. The van der Waals surface area contributed by atoms with Crippen molar-refractivity contribution in [2.45, 2.75) is 36.6 Å². The lowest BCUT2D eigenvalue weighted by Gasteiger charge is -2.35. The number of fused-ring (bicyclic) bond motifs is 1. The number of likely N-dealkylation sites (tertiary alicyclic amines) is 1. The minimum absolute atomic E-state index is 0.00797. The minimum Gasteiger partial charge on any atom is -0.486 e. The number of nitrogens with zero attached hydrogens (tertiary/aromatic N) is 2. The molecule has 0 aromatic heterocycles. The van der Waals surface area contributed by atoms with E-state index in [1.807, 2.05) is 23.1 Å². The molecule has 3 heterocycles. The number of piperidine rings is 1. The summed E-state index contributed by atoms with van der Waals surface area (Å²) >= 11 is 0. The first-order valence-corrected chi connectivity index (χ1v) is 12.8. The molecule has 0 unspecified atom stereocenters. The zero-order chi connectivity index (χ0) is 23.0. The standard InChI is InChI=1S/C24H27FN2O5S/c25-19-6-8-20(9-7-19)33(29,30)26-11-1-3-18(16-26)24(28)27-12-2-4-21(27)17-5-10-22-23(15-17)32-14-13-31-22/h5-10,15,18,21H,1-4,11-14,16H2/t18-,21+/m0/s1. The number of hydrogen-bond donors (Lipinski definition) is 0. The quantitative estimate of drug-likeness (QED) is 0.679. The molecule has 0 spiro atoms. The number of rotatable bonds is 4. The normalized spacial score (nSPS) is 23.5. The molecule has 0 aliphatic carbocycles. The van der Waals surface area contributed by atoms with E-state index in [0.29, 0.717) is 44.9 Å². The van der Waals surface area contributed by atoms with Crippen LogP contribution in [0.25, 0.3) is 0 Å². The molecule has 1 amide bonds. The first kappa shape index (κ1) is 22.2. The van der Waals surface area contributed by atoms with Crippen LogP contribution in [0.3, 0.4) is 0 Å². The maximum Gasteiger partial charge on any atom is 0.243 e. The summed E-state index contributed by atoms with van der Waals surface area (Å²) in [5.41, 5.74) is 1.01. The fourth-order valence-electron chi connectivity index (χ4n) is 5.00. The molecule has 33 heavy (non-hydrogen) atoms. The van der Waals surface area contributed by atoms with E-state index >= 15 is 0 Å². The van der Waals surface area contributed by atoms with Gasteiger partial charge in [0, 0.05) is 19.6 Å². The molecule has 2 fully saturated rings. The van der Waals surface area contributed by atoms with Crippen LogP contribution in [0.2, 0.25) is 0 Å². The molecule has 3 aliphatic rings. The van der Waals surface area contributed by atoms with Gasteiger partial charge in [0.1, 0.15) is 19.0 Å². The van der Waals surface area contributed by atoms with E-state index in [9.17, 15) is 17.6 Å². The van der Waals surface area contributed by atoms with Crippen molar-refractivity contribution in [1.82, 2.24) is 9.21 Å². The fraction of sp³-hybridized carbons (Fsp3) is 0.458. The monoisotopic (exact) mass is 474 g/mol. The van der Waals surface area contributed by atoms with Crippen molar-refractivity contribution in [3.8, 4) is 11.5 Å². The number of halogens is 1. The number of carbonyl (C=O) groups is 1. The Bertz CT molecular complexity index is 1140. The van der Waals surface area contributed by atoms with Gasteiger partial charge in [0.15, 0.2) is 11.5 Å². The molecule has 0 radical (unpaired) electrons. The molecule has 3 aliphatic heterocycles. The molecule has 2 aromatic carbocycles. The van der Waals surface area contributed by atoms with Gasteiger partial charge in [-0.25, -0.2) is 12.8 Å². The predicted molar refractivity (Wildman–Crippen MR) is 119 cm³/mol. The SMILES string of the molecule is O=C([C@H]1CCCN(S(=O)(=O)c2ccc(F)cc2)C1)N1CCC[C@@H]1c1ccc2c(c1)OCCO2. The van der Waals surface area contributed by atoms with E-state index in [2.05, 4.69) is 0 Å². The zero-order valence-corrected chi connectivity index (χ0v) is 19.1. The molecule has 0 saturated carbocycles.